The van der Waals surface area contributed by atoms with Crippen LogP contribution in [-0.2, 0) is 17.8 Å². The molecule has 1 aromatic heterocycles. The Labute approximate surface area is 132 Å². The number of Topliss-reactive ketones (excluding diaryl/α,β-unsaturated/α-hetero) is 1. The molecule has 3 rings (SSSR count). The minimum absolute atomic E-state index is 0.0287. The van der Waals surface area contributed by atoms with Crippen molar-refractivity contribution in [3.05, 3.63) is 35.7 Å². The van der Waals surface area contributed by atoms with Crippen molar-refractivity contribution in [2.45, 2.75) is 31.5 Å². The number of thioether (sulfide) groups is 1. The van der Waals surface area contributed by atoms with Crippen LogP contribution in [0.25, 0.3) is 0 Å². The summed E-state index contributed by atoms with van der Waals surface area (Å²) >= 11 is 1.39. The van der Waals surface area contributed by atoms with Gasteiger partial charge < -0.3 is 9.88 Å². The topological polar surface area (TPSA) is 76.9 Å². The lowest BCUT2D eigenvalue weighted by molar-refractivity contribution is -0.116. The molecule has 1 aromatic carbocycles. The van der Waals surface area contributed by atoms with Gasteiger partial charge in [-0.2, -0.15) is 0 Å². The molecule has 0 aliphatic carbocycles. The molecule has 0 atom stereocenters. The highest BCUT2D eigenvalue weighted by Gasteiger charge is 2.17. The number of benzene rings is 1. The first-order valence-corrected chi connectivity index (χ1v) is 8.12. The smallest absolute Gasteiger partial charge is 0.224 e. The molecule has 0 bridgehead atoms. The van der Waals surface area contributed by atoms with E-state index in [1.165, 1.54) is 11.8 Å². The van der Waals surface area contributed by atoms with Crippen LogP contribution < -0.4 is 5.32 Å². The van der Waals surface area contributed by atoms with Crippen LogP contribution in [0.1, 0.15) is 29.3 Å². The Hall–Kier alpha value is -2.15. The molecule has 6 nitrogen and oxygen atoms in total. The van der Waals surface area contributed by atoms with Crippen LogP contribution in [0.5, 0.6) is 0 Å². The lowest BCUT2D eigenvalue weighted by Crippen LogP contribution is -2.19. The van der Waals surface area contributed by atoms with Gasteiger partial charge in [-0.1, -0.05) is 11.8 Å². The summed E-state index contributed by atoms with van der Waals surface area (Å²) in [7, 11) is 0. The van der Waals surface area contributed by atoms with E-state index in [-0.39, 0.29) is 11.7 Å². The zero-order valence-corrected chi connectivity index (χ0v) is 13.0. The molecule has 1 aliphatic rings. The molecule has 0 radical (unpaired) electrons. The number of nitrogens with zero attached hydrogens (tertiary/aromatic N) is 3. The van der Waals surface area contributed by atoms with Gasteiger partial charge in [-0.25, -0.2) is 0 Å². The van der Waals surface area contributed by atoms with Gasteiger partial charge in [0, 0.05) is 24.2 Å². The van der Waals surface area contributed by atoms with Crippen molar-refractivity contribution in [3.8, 4) is 0 Å². The molecule has 0 saturated heterocycles. The van der Waals surface area contributed by atoms with E-state index in [2.05, 4.69) is 15.5 Å². The van der Waals surface area contributed by atoms with Crippen LogP contribution in [0.2, 0.25) is 0 Å². The molecule has 114 valence electrons. The highest BCUT2D eigenvalue weighted by molar-refractivity contribution is 7.99. The van der Waals surface area contributed by atoms with Crippen LogP contribution in [0.15, 0.2) is 29.7 Å². The van der Waals surface area contributed by atoms with E-state index in [9.17, 15) is 9.59 Å². The number of anilines is 1. The zero-order chi connectivity index (χ0) is 15.5. The third-order valence-corrected chi connectivity index (χ3v) is 4.56. The van der Waals surface area contributed by atoms with Gasteiger partial charge in [0.2, 0.25) is 5.91 Å². The number of aromatic nitrogens is 3. The van der Waals surface area contributed by atoms with Crippen molar-refractivity contribution < 1.29 is 9.59 Å². The lowest BCUT2D eigenvalue weighted by Gasteiger charge is -2.17. The van der Waals surface area contributed by atoms with E-state index < -0.39 is 0 Å². The third-order valence-electron chi connectivity index (χ3n) is 3.58. The van der Waals surface area contributed by atoms with E-state index in [0.29, 0.717) is 24.2 Å². The number of fused-ring (bicyclic) bond motifs is 1. The van der Waals surface area contributed by atoms with Crippen LogP contribution in [0.4, 0.5) is 5.69 Å². The number of carbonyl (C=O) groups is 2. The molecule has 22 heavy (non-hydrogen) atoms. The van der Waals surface area contributed by atoms with Gasteiger partial charge in [-0.3, -0.25) is 9.59 Å². The number of hydrogen-bond donors (Lipinski definition) is 1. The van der Waals surface area contributed by atoms with Crippen molar-refractivity contribution in [2.24, 2.45) is 0 Å². The summed E-state index contributed by atoms with van der Waals surface area (Å²) in [5.41, 5.74) is 2.50. The van der Waals surface area contributed by atoms with Crippen molar-refractivity contribution in [1.82, 2.24) is 14.8 Å². The fourth-order valence-corrected chi connectivity index (χ4v) is 3.22. The Kier molecular flexibility index (Phi) is 4.24. The molecular formula is C15H16N4O2S. The lowest BCUT2D eigenvalue weighted by atomic mass is 9.99. The summed E-state index contributed by atoms with van der Waals surface area (Å²) in [5, 5.41) is 11.4. The van der Waals surface area contributed by atoms with Crippen LogP contribution in [0.3, 0.4) is 0 Å². The van der Waals surface area contributed by atoms with E-state index in [1.807, 2.05) is 17.6 Å². The maximum Gasteiger partial charge on any atom is 0.224 e. The fraction of sp³-hybridized carbons (Fsp3) is 0.333. The van der Waals surface area contributed by atoms with Crippen molar-refractivity contribution in [1.29, 1.82) is 0 Å². The first-order chi connectivity index (χ1) is 10.7. The Bertz CT molecular complexity index is 726. The summed E-state index contributed by atoms with van der Waals surface area (Å²) < 4.78 is 1.90. The van der Waals surface area contributed by atoms with Crippen LogP contribution in [0, 0.1) is 0 Å². The molecule has 0 spiro atoms. The summed E-state index contributed by atoms with van der Waals surface area (Å²) in [5.74, 6) is 0.403. The fourth-order valence-electron chi connectivity index (χ4n) is 2.34. The number of amides is 1. The Morgan fingerprint density at radius 3 is 3.09 bits per heavy atom. The predicted molar refractivity (Wildman–Crippen MR) is 84.1 cm³/mol. The maximum absolute atomic E-state index is 12.3. The predicted octanol–water partition coefficient (Wildman–Crippen LogP) is 2.16. The molecule has 0 unspecified atom stereocenters. The minimum atomic E-state index is 0.0287. The summed E-state index contributed by atoms with van der Waals surface area (Å²) in [6.07, 6.45) is 2.81. The number of carbonyl (C=O) groups excluding carboxylic acids is 2. The van der Waals surface area contributed by atoms with Gasteiger partial charge in [0.25, 0.3) is 0 Å². The van der Waals surface area contributed by atoms with Crippen LogP contribution >= 0.6 is 11.8 Å². The first kappa shape index (κ1) is 14.8. The second-order valence-electron chi connectivity index (χ2n) is 5.03. The van der Waals surface area contributed by atoms with Gasteiger partial charge in [-0.05, 0) is 37.1 Å². The van der Waals surface area contributed by atoms with Gasteiger partial charge in [-0.15, -0.1) is 10.2 Å². The molecule has 2 aromatic rings. The summed E-state index contributed by atoms with van der Waals surface area (Å²) in [6.45, 7) is 2.79. The number of hydrogen-bond acceptors (Lipinski definition) is 5. The molecule has 7 heteroatoms. The first-order valence-electron chi connectivity index (χ1n) is 7.14. The average molecular weight is 316 g/mol. The van der Waals surface area contributed by atoms with Gasteiger partial charge in [0.1, 0.15) is 6.33 Å². The van der Waals surface area contributed by atoms with Gasteiger partial charge >= 0.3 is 0 Å². The molecular weight excluding hydrogens is 300 g/mol. The number of nitrogens with one attached hydrogen (secondary N) is 1. The third kappa shape index (κ3) is 3.04. The van der Waals surface area contributed by atoms with Gasteiger partial charge in [0.15, 0.2) is 10.9 Å². The monoisotopic (exact) mass is 316 g/mol. The van der Waals surface area contributed by atoms with E-state index in [1.54, 1.807) is 18.5 Å². The Morgan fingerprint density at radius 2 is 2.27 bits per heavy atom. The number of rotatable bonds is 5. The van der Waals surface area contributed by atoms with Crippen molar-refractivity contribution in [3.63, 3.8) is 0 Å². The van der Waals surface area contributed by atoms with E-state index >= 15 is 0 Å². The number of aryl methyl sites for hydroxylation is 2. The maximum atomic E-state index is 12.3. The largest absolute Gasteiger partial charge is 0.326 e. The second kappa shape index (κ2) is 6.31. The molecule has 0 fully saturated rings. The molecule has 1 amide bonds. The van der Waals surface area contributed by atoms with E-state index in [4.69, 9.17) is 0 Å². The van der Waals surface area contributed by atoms with Crippen LogP contribution in [-0.4, -0.2) is 32.2 Å². The summed E-state index contributed by atoms with van der Waals surface area (Å²) in [4.78, 5) is 23.7. The summed E-state index contributed by atoms with van der Waals surface area (Å²) in [6, 6.07) is 5.44. The second-order valence-corrected chi connectivity index (χ2v) is 5.97. The molecule has 2 heterocycles. The SMILES string of the molecule is CCn1cnnc1SCC(=O)c1ccc2c(c1)CCC(=O)N2. The normalized spacial score (nSPS) is 13.6. The Morgan fingerprint density at radius 1 is 1.41 bits per heavy atom. The molecule has 1 N–H and O–H groups in total. The molecule has 0 saturated carbocycles. The Balaban J connectivity index is 1.69. The van der Waals surface area contributed by atoms with Gasteiger partial charge in [0.05, 0.1) is 5.75 Å². The van der Waals surface area contributed by atoms with Crippen molar-refractivity contribution in [2.75, 3.05) is 11.1 Å². The highest BCUT2D eigenvalue weighted by atomic mass is 32.2. The quantitative estimate of drug-likeness (QED) is 0.675. The standard InChI is InChI=1S/C15H16N4O2S/c1-2-19-9-16-18-15(19)22-8-13(20)11-3-5-12-10(7-11)4-6-14(21)17-12/h3,5,7,9H,2,4,6,8H2,1H3,(H,17,21). The van der Waals surface area contributed by atoms with Crippen molar-refractivity contribution >= 4 is 29.1 Å². The molecule has 1 aliphatic heterocycles. The van der Waals surface area contributed by atoms with E-state index in [0.717, 1.165) is 23.0 Å². The zero-order valence-electron chi connectivity index (χ0n) is 12.2. The minimum Gasteiger partial charge on any atom is -0.326 e. The number of ketones is 1. The highest BCUT2D eigenvalue weighted by Crippen LogP contribution is 2.25. The average Bonchev–Trinajstić information content (AvgIpc) is 2.99.